The minimum Gasteiger partial charge on any atom is -0.377 e. The first-order valence-electron chi connectivity index (χ1n) is 7.06. The molecule has 6 heteroatoms. The topological polar surface area (TPSA) is 21.3 Å². The molecule has 1 aromatic carbocycles. The Balaban J connectivity index is 3.19. The van der Waals surface area contributed by atoms with Crippen LogP contribution in [0.4, 0.5) is 17.6 Å². The Morgan fingerprint density at radius 1 is 1.19 bits per heavy atom. The minimum absolute atomic E-state index is 0.263. The largest absolute Gasteiger partial charge is 0.419 e. The van der Waals surface area contributed by atoms with Gasteiger partial charge in [0.1, 0.15) is 5.82 Å². The fourth-order valence-electron chi connectivity index (χ4n) is 2.30. The molecule has 0 aromatic heterocycles. The molecule has 0 amide bonds. The van der Waals surface area contributed by atoms with Crippen molar-refractivity contribution in [3.63, 3.8) is 0 Å². The van der Waals surface area contributed by atoms with Crippen LogP contribution in [-0.4, -0.2) is 19.3 Å². The van der Waals surface area contributed by atoms with Gasteiger partial charge in [0.15, 0.2) is 0 Å². The van der Waals surface area contributed by atoms with Crippen molar-refractivity contribution < 1.29 is 22.3 Å². The van der Waals surface area contributed by atoms with E-state index in [0.29, 0.717) is 25.1 Å². The van der Waals surface area contributed by atoms with Gasteiger partial charge >= 0.3 is 6.18 Å². The van der Waals surface area contributed by atoms with Crippen molar-refractivity contribution in [3.8, 4) is 0 Å². The molecule has 2 atom stereocenters. The number of hydrogen-bond acceptors (Lipinski definition) is 2. The highest BCUT2D eigenvalue weighted by Crippen LogP contribution is 2.34. The predicted octanol–water partition coefficient (Wildman–Crippen LogP) is 4.31. The molecular formula is C15H21F4NO. The van der Waals surface area contributed by atoms with E-state index < -0.39 is 23.6 Å². The van der Waals surface area contributed by atoms with Crippen LogP contribution in [0.25, 0.3) is 0 Å². The SMILES string of the molecule is CCNC(c1ccc(F)c(C(F)(F)F)c1)C(CC)OCC. The van der Waals surface area contributed by atoms with Crippen molar-refractivity contribution in [2.24, 2.45) is 0 Å². The molecule has 1 rings (SSSR count). The highest BCUT2D eigenvalue weighted by Gasteiger charge is 2.35. The average Bonchev–Trinajstić information content (AvgIpc) is 2.42. The zero-order valence-electron chi connectivity index (χ0n) is 12.4. The number of nitrogens with one attached hydrogen (secondary N) is 1. The number of likely N-dealkylation sites (N-methyl/N-ethyl adjacent to an activating group) is 1. The van der Waals surface area contributed by atoms with Crippen LogP contribution >= 0.6 is 0 Å². The fourth-order valence-corrected chi connectivity index (χ4v) is 2.30. The summed E-state index contributed by atoms with van der Waals surface area (Å²) in [5.74, 6) is -1.26. The van der Waals surface area contributed by atoms with E-state index in [1.165, 1.54) is 6.07 Å². The molecule has 0 fully saturated rings. The van der Waals surface area contributed by atoms with E-state index >= 15 is 0 Å². The summed E-state index contributed by atoms with van der Waals surface area (Å²) in [4.78, 5) is 0. The van der Waals surface area contributed by atoms with E-state index in [1.54, 1.807) is 0 Å². The van der Waals surface area contributed by atoms with Gasteiger partial charge in [-0.2, -0.15) is 13.2 Å². The van der Waals surface area contributed by atoms with Crippen LogP contribution < -0.4 is 5.32 Å². The van der Waals surface area contributed by atoms with E-state index in [1.807, 2.05) is 20.8 Å². The standard InChI is InChI=1S/C15H21F4NO/c1-4-13(21-6-3)14(20-5-2)10-7-8-12(16)11(9-10)15(17,18)19/h7-9,13-14,20H,4-6H2,1-3H3. The van der Waals surface area contributed by atoms with Crippen molar-refractivity contribution in [3.05, 3.63) is 35.1 Å². The zero-order valence-corrected chi connectivity index (χ0v) is 12.4. The summed E-state index contributed by atoms with van der Waals surface area (Å²) in [5, 5.41) is 3.12. The van der Waals surface area contributed by atoms with Crippen molar-refractivity contribution >= 4 is 0 Å². The van der Waals surface area contributed by atoms with E-state index in [9.17, 15) is 17.6 Å². The molecule has 2 unspecified atom stereocenters. The van der Waals surface area contributed by atoms with Gasteiger partial charge in [-0.15, -0.1) is 0 Å². The molecule has 0 saturated heterocycles. The van der Waals surface area contributed by atoms with Crippen LogP contribution in [0.2, 0.25) is 0 Å². The first-order chi connectivity index (χ1) is 9.85. The maximum atomic E-state index is 13.4. The lowest BCUT2D eigenvalue weighted by Crippen LogP contribution is -2.34. The smallest absolute Gasteiger partial charge is 0.377 e. The highest BCUT2D eigenvalue weighted by molar-refractivity contribution is 5.30. The summed E-state index contributed by atoms with van der Waals surface area (Å²) in [6.45, 7) is 6.64. The van der Waals surface area contributed by atoms with Crippen LogP contribution in [0.5, 0.6) is 0 Å². The lowest BCUT2D eigenvalue weighted by atomic mass is 9.97. The van der Waals surface area contributed by atoms with Crippen LogP contribution in [0.1, 0.15) is 44.4 Å². The third kappa shape index (κ3) is 4.68. The molecule has 1 aromatic rings. The Bertz CT molecular complexity index is 448. The van der Waals surface area contributed by atoms with Gasteiger partial charge in [0.25, 0.3) is 0 Å². The van der Waals surface area contributed by atoms with Gasteiger partial charge in [0.05, 0.1) is 17.7 Å². The lowest BCUT2D eigenvalue weighted by Gasteiger charge is -2.28. The Kier molecular flexibility index (Phi) is 6.61. The fraction of sp³-hybridized carbons (Fsp3) is 0.600. The normalized spacial score (nSPS) is 15.0. The summed E-state index contributed by atoms with van der Waals surface area (Å²) in [6.07, 6.45) is -4.32. The monoisotopic (exact) mass is 307 g/mol. The first-order valence-corrected chi connectivity index (χ1v) is 7.06. The quantitative estimate of drug-likeness (QED) is 0.758. The van der Waals surface area contributed by atoms with Gasteiger partial charge < -0.3 is 10.1 Å². The van der Waals surface area contributed by atoms with Gasteiger partial charge in [-0.3, -0.25) is 0 Å². The Hall–Kier alpha value is -1.14. The van der Waals surface area contributed by atoms with E-state index in [0.717, 1.165) is 12.1 Å². The maximum absolute atomic E-state index is 13.4. The van der Waals surface area contributed by atoms with E-state index in [2.05, 4.69) is 5.32 Å². The van der Waals surface area contributed by atoms with Gasteiger partial charge in [-0.05, 0) is 37.6 Å². The van der Waals surface area contributed by atoms with Gasteiger partial charge in [-0.25, -0.2) is 4.39 Å². The number of benzene rings is 1. The van der Waals surface area contributed by atoms with Crippen LogP contribution in [0.3, 0.4) is 0 Å². The number of hydrogen-bond donors (Lipinski definition) is 1. The predicted molar refractivity (Wildman–Crippen MR) is 73.5 cm³/mol. The summed E-state index contributed by atoms with van der Waals surface area (Å²) in [7, 11) is 0. The van der Waals surface area contributed by atoms with E-state index in [4.69, 9.17) is 4.74 Å². The molecule has 1 N–H and O–H groups in total. The molecule has 0 spiro atoms. The molecular weight excluding hydrogens is 286 g/mol. The summed E-state index contributed by atoms with van der Waals surface area (Å²) in [6, 6.07) is 2.70. The second-order valence-corrected chi connectivity index (χ2v) is 4.67. The second kappa shape index (κ2) is 7.75. The Labute approximate surface area is 122 Å². The number of alkyl halides is 3. The third-order valence-electron chi connectivity index (χ3n) is 3.23. The van der Waals surface area contributed by atoms with Crippen molar-refractivity contribution in [1.82, 2.24) is 5.32 Å². The van der Waals surface area contributed by atoms with Gasteiger partial charge in [0, 0.05) is 6.61 Å². The molecule has 21 heavy (non-hydrogen) atoms. The van der Waals surface area contributed by atoms with Gasteiger partial charge in [0.2, 0.25) is 0 Å². The number of ether oxygens (including phenoxy) is 1. The van der Waals surface area contributed by atoms with Crippen LogP contribution in [-0.2, 0) is 10.9 Å². The summed E-state index contributed by atoms with van der Waals surface area (Å²) in [5.41, 5.74) is -0.861. The Morgan fingerprint density at radius 3 is 2.33 bits per heavy atom. The van der Waals surface area contributed by atoms with Crippen molar-refractivity contribution in [2.45, 2.75) is 45.5 Å². The summed E-state index contributed by atoms with van der Waals surface area (Å²) < 4.78 is 57.4. The molecule has 0 aliphatic rings. The van der Waals surface area contributed by atoms with Crippen LogP contribution in [0.15, 0.2) is 18.2 Å². The molecule has 2 nitrogen and oxygen atoms in total. The van der Waals surface area contributed by atoms with Crippen LogP contribution in [0, 0.1) is 5.82 Å². The third-order valence-corrected chi connectivity index (χ3v) is 3.23. The molecule has 0 saturated carbocycles. The molecule has 0 bridgehead atoms. The average molecular weight is 307 g/mol. The molecule has 0 heterocycles. The maximum Gasteiger partial charge on any atom is 0.419 e. The summed E-state index contributed by atoms with van der Waals surface area (Å²) >= 11 is 0. The highest BCUT2D eigenvalue weighted by atomic mass is 19.4. The first kappa shape index (κ1) is 17.9. The number of rotatable bonds is 7. The van der Waals surface area contributed by atoms with Gasteiger partial charge in [-0.1, -0.05) is 19.9 Å². The lowest BCUT2D eigenvalue weighted by molar-refractivity contribution is -0.140. The van der Waals surface area contributed by atoms with Crippen molar-refractivity contribution in [1.29, 1.82) is 0 Å². The Morgan fingerprint density at radius 2 is 1.86 bits per heavy atom. The van der Waals surface area contributed by atoms with E-state index in [-0.39, 0.29) is 6.10 Å². The molecule has 0 aliphatic heterocycles. The second-order valence-electron chi connectivity index (χ2n) is 4.67. The molecule has 0 radical (unpaired) electrons. The minimum atomic E-state index is -4.70. The molecule has 120 valence electrons. The van der Waals surface area contributed by atoms with Crippen molar-refractivity contribution in [2.75, 3.05) is 13.2 Å². The molecule has 0 aliphatic carbocycles. The zero-order chi connectivity index (χ0) is 16.0. The number of halogens is 4.